The smallest absolute Gasteiger partial charge is 0.338 e. The Hall–Kier alpha value is -2.26. The van der Waals surface area contributed by atoms with Gasteiger partial charge in [0.1, 0.15) is 12.4 Å². The van der Waals surface area contributed by atoms with Crippen LogP contribution in [0.25, 0.3) is 0 Å². The molecule has 25 heavy (non-hydrogen) atoms. The molecule has 1 unspecified atom stereocenters. The number of hydrogen-bond acceptors (Lipinski definition) is 6. The second kappa shape index (κ2) is 6.93. The normalized spacial score (nSPS) is 16.6. The molecule has 0 radical (unpaired) electrons. The highest BCUT2D eigenvalue weighted by atomic mass is 32.2. The van der Waals surface area contributed by atoms with Crippen LogP contribution in [0.15, 0.2) is 36.4 Å². The fourth-order valence-corrected chi connectivity index (χ4v) is 2.88. The molecule has 1 N–H and O–H groups in total. The van der Waals surface area contributed by atoms with Crippen molar-refractivity contribution in [2.24, 2.45) is 5.92 Å². The summed E-state index contributed by atoms with van der Waals surface area (Å²) in [7, 11) is -5.02. The van der Waals surface area contributed by atoms with Crippen LogP contribution in [-0.2, 0) is 19.6 Å². The fraction of sp³-hybridized carbons (Fsp3) is 0.375. The number of hydrogen-bond donors (Lipinski definition) is 1. The van der Waals surface area contributed by atoms with Gasteiger partial charge in [-0.05, 0) is 44.0 Å². The van der Waals surface area contributed by atoms with Gasteiger partial charge in [0, 0.05) is 11.5 Å². The van der Waals surface area contributed by atoms with E-state index in [0.29, 0.717) is 0 Å². The number of benzene rings is 1. The molecular weight excluding hydrogens is 355 g/mol. The van der Waals surface area contributed by atoms with E-state index in [9.17, 15) is 22.4 Å². The maximum absolute atomic E-state index is 14.5. The van der Waals surface area contributed by atoms with E-state index in [2.05, 4.69) is 6.58 Å². The van der Waals surface area contributed by atoms with Crippen LogP contribution >= 0.6 is 0 Å². The quantitative estimate of drug-likeness (QED) is 0.339. The zero-order valence-corrected chi connectivity index (χ0v) is 14.2. The highest BCUT2D eigenvalue weighted by Gasteiger charge is 2.56. The number of alkyl halides is 1. The van der Waals surface area contributed by atoms with Crippen LogP contribution in [0.2, 0.25) is 0 Å². The number of ether oxygens (including phenoxy) is 2. The second-order valence-corrected chi connectivity index (χ2v) is 7.43. The van der Waals surface area contributed by atoms with E-state index in [1.165, 1.54) is 31.2 Å². The van der Waals surface area contributed by atoms with Gasteiger partial charge in [-0.2, -0.15) is 8.42 Å². The average Bonchev–Trinajstić information content (AvgIpc) is 3.36. The summed E-state index contributed by atoms with van der Waals surface area (Å²) in [6.07, 6.45) is 0.577. The van der Waals surface area contributed by atoms with Crippen LogP contribution in [0.3, 0.4) is 0 Å². The van der Waals surface area contributed by atoms with Gasteiger partial charge in [-0.15, -0.1) is 0 Å². The maximum Gasteiger partial charge on any atom is 0.338 e. The molecule has 1 aromatic rings. The summed E-state index contributed by atoms with van der Waals surface area (Å²) in [5.74, 6) is -2.32. The Morgan fingerprint density at radius 3 is 2.32 bits per heavy atom. The number of rotatable bonds is 7. The molecule has 0 aromatic heterocycles. The summed E-state index contributed by atoms with van der Waals surface area (Å²) >= 11 is 0. The number of carbonyl (C=O) groups excluding carboxylic acids is 2. The highest BCUT2D eigenvalue weighted by Crippen LogP contribution is 2.45. The maximum atomic E-state index is 14.5. The van der Waals surface area contributed by atoms with E-state index in [1.54, 1.807) is 0 Å². The van der Waals surface area contributed by atoms with Gasteiger partial charge < -0.3 is 9.47 Å². The Kier molecular flexibility index (Phi) is 5.28. The van der Waals surface area contributed by atoms with Crippen LogP contribution in [0, 0.1) is 5.92 Å². The van der Waals surface area contributed by atoms with Crippen LogP contribution in [0.5, 0.6) is 5.75 Å². The Morgan fingerprint density at radius 1 is 1.32 bits per heavy atom. The summed E-state index contributed by atoms with van der Waals surface area (Å²) in [6.45, 7) is 3.81. The van der Waals surface area contributed by atoms with E-state index in [-0.39, 0.29) is 29.7 Å². The molecular formula is C16H17FO7S. The largest absolute Gasteiger partial charge is 0.457 e. The fourth-order valence-electron chi connectivity index (χ4n) is 2.02. The van der Waals surface area contributed by atoms with Crippen molar-refractivity contribution in [2.45, 2.75) is 24.8 Å². The first-order valence-corrected chi connectivity index (χ1v) is 8.79. The van der Waals surface area contributed by atoms with Crippen LogP contribution < -0.4 is 4.74 Å². The predicted octanol–water partition coefficient (Wildman–Crippen LogP) is 2.29. The van der Waals surface area contributed by atoms with Crippen molar-refractivity contribution >= 4 is 22.1 Å². The Labute approximate surface area is 144 Å². The summed E-state index contributed by atoms with van der Waals surface area (Å²) in [4.78, 5) is 23.3. The molecule has 136 valence electrons. The second-order valence-electron chi connectivity index (χ2n) is 5.81. The molecule has 1 aromatic carbocycles. The lowest BCUT2D eigenvalue weighted by Gasteiger charge is -2.21. The van der Waals surface area contributed by atoms with Gasteiger partial charge in [-0.25, -0.2) is 14.0 Å². The minimum atomic E-state index is -5.02. The number of halogens is 1. The first-order valence-electron chi connectivity index (χ1n) is 7.35. The molecule has 0 bridgehead atoms. The molecule has 0 saturated heterocycles. The zero-order chi connectivity index (χ0) is 18.8. The van der Waals surface area contributed by atoms with E-state index in [1.807, 2.05) is 0 Å². The molecule has 1 aliphatic carbocycles. The standard InChI is InChI=1S/C16H17FO7S/c1-10(2)14(18)24-13-7-3-11(4-8-13)15(19)23-9-16(17,12-5-6-12)25(20,21)22/h3-4,7-8,12H,1,5-6,9H2,2H3,(H,20,21,22). The third kappa shape index (κ3) is 4.43. The third-order valence-electron chi connectivity index (χ3n) is 3.66. The van der Waals surface area contributed by atoms with Crippen molar-refractivity contribution in [3.05, 3.63) is 42.0 Å². The molecule has 1 fully saturated rings. The van der Waals surface area contributed by atoms with Gasteiger partial charge in [0.05, 0.1) is 5.56 Å². The van der Waals surface area contributed by atoms with Gasteiger partial charge in [-0.3, -0.25) is 4.55 Å². The molecule has 0 amide bonds. The van der Waals surface area contributed by atoms with Gasteiger partial charge in [0.15, 0.2) is 0 Å². The van der Waals surface area contributed by atoms with Gasteiger partial charge >= 0.3 is 22.1 Å². The van der Waals surface area contributed by atoms with Crippen molar-refractivity contribution in [2.75, 3.05) is 6.61 Å². The lowest BCUT2D eigenvalue weighted by Crippen LogP contribution is -2.41. The van der Waals surface area contributed by atoms with Crippen LogP contribution in [0.1, 0.15) is 30.1 Å². The lowest BCUT2D eigenvalue weighted by molar-refractivity contribution is -0.130. The average molecular weight is 372 g/mol. The highest BCUT2D eigenvalue weighted by molar-refractivity contribution is 7.87. The van der Waals surface area contributed by atoms with Crippen molar-refractivity contribution in [3.63, 3.8) is 0 Å². The molecule has 0 spiro atoms. The molecule has 9 heteroatoms. The van der Waals surface area contributed by atoms with Gasteiger partial charge in [-0.1, -0.05) is 6.58 Å². The van der Waals surface area contributed by atoms with Gasteiger partial charge in [0.25, 0.3) is 5.00 Å². The topological polar surface area (TPSA) is 107 Å². The minimum Gasteiger partial charge on any atom is -0.457 e. The van der Waals surface area contributed by atoms with Crippen LogP contribution in [-0.4, -0.2) is 36.5 Å². The van der Waals surface area contributed by atoms with E-state index >= 15 is 0 Å². The predicted molar refractivity (Wildman–Crippen MR) is 85.3 cm³/mol. The molecule has 7 nitrogen and oxygen atoms in total. The molecule has 0 aliphatic heterocycles. The van der Waals surface area contributed by atoms with Crippen molar-refractivity contribution < 1.29 is 36.4 Å². The Bertz CT molecular complexity index is 796. The van der Waals surface area contributed by atoms with E-state index in [0.717, 1.165) is 0 Å². The Morgan fingerprint density at radius 2 is 1.88 bits per heavy atom. The third-order valence-corrected chi connectivity index (χ3v) is 4.97. The molecule has 1 atom stereocenters. The summed E-state index contributed by atoms with van der Waals surface area (Å²) in [5, 5.41) is -3.00. The van der Waals surface area contributed by atoms with Crippen molar-refractivity contribution in [1.82, 2.24) is 0 Å². The number of carbonyl (C=O) groups is 2. The monoisotopic (exact) mass is 372 g/mol. The molecule has 2 rings (SSSR count). The summed E-state index contributed by atoms with van der Waals surface area (Å²) in [6, 6.07) is 5.19. The Balaban J connectivity index is 2.01. The van der Waals surface area contributed by atoms with Crippen molar-refractivity contribution in [1.29, 1.82) is 0 Å². The van der Waals surface area contributed by atoms with E-state index in [4.69, 9.17) is 14.0 Å². The zero-order valence-electron chi connectivity index (χ0n) is 13.4. The van der Waals surface area contributed by atoms with Crippen molar-refractivity contribution in [3.8, 4) is 5.75 Å². The lowest BCUT2D eigenvalue weighted by atomic mass is 10.2. The number of esters is 2. The summed E-state index contributed by atoms with van der Waals surface area (Å²) in [5.41, 5.74) is 0.205. The first kappa shape index (κ1) is 19.1. The minimum absolute atomic E-state index is 0.00334. The van der Waals surface area contributed by atoms with E-state index < -0.39 is 39.6 Å². The van der Waals surface area contributed by atoms with Gasteiger partial charge in [0.2, 0.25) is 0 Å². The van der Waals surface area contributed by atoms with Crippen LogP contribution in [0.4, 0.5) is 4.39 Å². The first-order chi connectivity index (χ1) is 11.5. The SMILES string of the molecule is C=C(C)C(=O)Oc1ccc(C(=O)OCC(F)(C2CC2)S(=O)(=O)O)cc1. The molecule has 1 saturated carbocycles. The summed E-state index contributed by atoms with van der Waals surface area (Å²) < 4.78 is 55.6. The molecule has 1 aliphatic rings. The molecule has 0 heterocycles.